The van der Waals surface area contributed by atoms with Gasteiger partial charge in [-0.25, -0.2) is 0 Å². The Morgan fingerprint density at radius 1 is 1.10 bits per heavy atom. The Balaban J connectivity index is 1.47. The summed E-state index contributed by atoms with van der Waals surface area (Å²) in [7, 11) is 0. The second-order valence-electron chi connectivity index (χ2n) is 12.5. The molecule has 3 saturated carbocycles. The van der Waals surface area contributed by atoms with E-state index in [1.54, 1.807) is 5.57 Å². The van der Waals surface area contributed by atoms with Crippen LogP contribution in [0, 0.1) is 46.3 Å². The maximum absolute atomic E-state index is 11.1. The highest BCUT2D eigenvalue weighted by Gasteiger charge is 2.59. The fourth-order valence-electron chi connectivity index (χ4n) is 8.91. The molecule has 0 aromatic heterocycles. The summed E-state index contributed by atoms with van der Waals surface area (Å²) in [6.45, 7) is 14.3. The van der Waals surface area contributed by atoms with Gasteiger partial charge in [0.15, 0.2) is 0 Å². The number of hydrogen-bond donors (Lipinski definition) is 1. The van der Waals surface area contributed by atoms with Gasteiger partial charge in [-0.15, -0.1) is 0 Å². The van der Waals surface area contributed by atoms with E-state index in [1.165, 1.54) is 51.4 Å². The summed E-state index contributed by atoms with van der Waals surface area (Å²) < 4.78 is 0. The standard InChI is InChI=1S/C29H48O/c1-7-29(30,20(2)3)19-15-21(4)24-13-14-25-23-12-11-22-10-8-9-17-27(22,5)26(23)16-18-28(24,25)6/h8-10,20-21,23-26,30H,7,11-19H2,1-6H3/t21-,23+,24-,25+,26+,27+,28-,29+/m1/s1. The van der Waals surface area contributed by atoms with Crippen molar-refractivity contribution in [3.8, 4) is 0 Å². The molecule has 1 heteroatoms. The molecule has 0 spiro atoms. The van der Waals surface area contributed by atoms with Crippen LogP contribution in [0.25, 0.3) is 0 Å². The molecule has 170 valence electrons. The van der Waals surface area contributed by atoms with Crippen LogP contribution >= 0.6 is 0 Å². The Bertz CT molecular complexity index is 688. The Morgan fingerprint density at radius 2 is 1.87 bits per heavy atom. The maximum Gasteiger partial charge on any atom is 0.0668 e. The first-order valence-corrected chi connectivity index (χ1v) is 13.2. The third-order valence-corrected chi connectivity index (χ3v) is 11.2. The molecular formula is C29H48O. The average Bonchev–Trinajstić information content (AvgIpc) is 3.08. The summed E-state index contributed by atoms with van der Waals surface area (Å²) >= 11 is 0. The molecule has 0 radical (unpaired) electrons. The van der Waals surface area contributed by atoms with Gasteiger partial charge in [-0.2, -0.15) is 0 Å². The Morgan fingerprint density at radius 3 is 2.57 bits per heavy atom. The van der Waals surface area contributed by atoms with Crippen LogP contribution in [0.15, 0.2) is 23.8 Å². The lowest BCUT2D eigenvalue weighted by Gasteiger charge is -2.58. The smallest absolute Gasteiger partial charge is 0.0668 e. The number of hydrogen-bond acceptors (Lipinski definition) is 1. The Kier molecular flexibility index (Phi) is 6.10. The Labute approximate surface area is 186 Å². The van der Waals surface area contributed by atoms with Crippen molar-refractivity contribution in [1.29, 1.82) is 0 Å². The zero-order valence-electron chi connectivity index (χ0n) is 20.7. The molecule has 3 fully saturated rings. The van der Waals surface area contributed by atoms with Crippen molar-refractivity contribution in [2.24, 2.45) is 46.3 Å². The first kappa shape index (κ1) is 22.6. The summed E-state index contributed by atoms with van der Waals surface area (Å²) in [5.74, 6) is 4.72. The van der Waals surface area contributed by atoms with Crippen LogP contribution in [0.5, 0.6) is 0 Å². The monoisotopic (exact) mass is 412 g/mol. The van der Waals surface area contributed by atoms with E-state index in [2.05, 4.69) is 59.8 Å². The van der Waals surface area contributed by atoms with Crippen molar-refractivity contribution in [3.05, 3.63) is 23.8 Å². The minimum absolute atomic E-state index is 0.354. The third kappa shape index (κ3) is 3.46. The summed E-state index contributed by atoms with van der Waals surface area (Å²) in [6.07, 6.45) is 20.1. The van der Waals surface area contributed by atoms with Gasteiger partial charge in [-0.1, -0.05) is 65.3 Å². The van der Waals surface area contributed by atoms with E-state index in [0.29, 0.717) is 16.7 Å². The van der Waals surface area contributed by atoms with E-state index in [1.807, 2.05) is 0 Å². The van der Waals surface area contributed by atoms with E-state index >= 15 is 0 Å². The van der Waals surface area contributed by atoms with Gasteiger partial charge in [0.05, 0.1) is 5.60 Å². The average molecular weight is 413 g/mol. The molecule has 0 bridgehead atoms. The quantitative estimate of drug-likeness (QED) is 0.469. The third-order valence-electron chi connectivity index (χ3n) is 11.2. The van der Waals surface area contributed by atoms with Gasteiger partial charge in [0.1, 0.15) is 0 Å². The lowest BCUT2D eigenvalue weighted by atomic mass is 9.47. The zero-order chi connectivity index (χ0) is 21.7. The molecule has 0 aromatic rings. The molecule has 4 aliphatic rings. The zero-order valence-corrected chi connectivity index (χ0v) is 20.7. The fraction of sp³-hybridized carbons (Fsp3) is 0.862. The highest BCUT2D eigenvalue weighted by Crippen LogP contribution is 2.67. The van der Waals surface area contributed by atoms with Gasteiger partial charge in [-0.3, -0.25) is 0 Å². The number of fused-ring (bicyclic) bond motifs is 5. The predicted molar refractivity (Wildman–Crippen MR) is 128 cm³/mol. The molecule has 8 atom stereocenters. The largest absolute Gasteiger partial charge is 0.390 e. The second-order valence-corrected chi connectivity index (χ2v) is 12.5. The minimum Gasteiger partial charge on any atom is -0.390 e. The van der Waals surface area contributed by atoms with E-state index < -0.39 is 5.60 Å². The van der Waals surface area contributed by atoms with E-state index in [-0.39, 0.29) is 0 Å². The van der Waals surface area contributed by atoms with E-state index in [9.17, 15) is 5.11 Å². The summed E-state index contributed by atoms with van der Waals surface area (Å²) in [5.41, 5.74) is 2.26. The molecule has 1 nitrogen and oxygen atoms in total. The van der Waals surface area contributed by atoms with Crippen molar-refractivity contribution in [3.63, 3.8) is 0 Å². The molecule has 0 heterocycles. The van der Waals surface area contributed by atoms with Crippen LogP contribution in [0.3, 0.4) is 0 Å². The first-order chi connectivity index (χ1) is 14.2. The van der Waals surface area contributed by atoms with Crippen molar-refractivity contribution in [2.45, 2.75) is 111 Å². The van der Waals surface area contributed by atoms with Crippen LogP contribution in [0.2, 0.25) is 0 Å². The molecule has 0 unspecified atom stereocenters. The molecule has 0 aromatic carbocycles. The molecule has 1 N–H and O–H groups in total. The van der Waals surface area contributed by atoms with E-state index in [0.717, 1.165) is 42.4 Å². The van der Waals surface area contributed by atoms with Gasteiger partial charge >= 0.3 is 0 Å². The molecule has 4 rings (SSSR count). The van der Waals surface area contributed by atoms with Gasteiger partial charge < -0.3 is 5.11 Å². The normalized spacial score (nSPS) is 43.4. The number of aliphatic hydroxyl groups is 1. The number of rotatable bonds is 6. The van der Waals surface area contributed by atoms with Crippen molar-refractivity contribution in [1.82, 2.24) is 0 Å². The van der Waals surface area contributed by atoms with Crippen LogP contribution in [0.1, 0.15) is 106 Å². The van der Waals surface area contributed by atoms with Gasteiger partial charge in [0.2, 0.25) is 0 Å². The lowest BCUT2D eigenvalue weighted by Crippen LogP contribution is -2.50. The van der Waals surface area contributed by atoms with Crippen LogP contribution in [-0.2, 0) is 0 Å². The van der Waals surface area contributed by atoms with Crippen LogP contribution in [0.4, 0.5) is 0 Å². The van der Waals surface area contributed by atoms with Gasteiger partial charge in [0, 0.05) is 0 Å². The van der Waals surface area contributed by atoms with Crippen molar-refractivity contribution >= 4 is 0 Å². The van der Waals surface area contributed by atoms with Crippen LogP contribution < -0.4 is 0 Å². The summed E-state index contributed by atoms with van der Waals surface area (Å²) in [6, 6.07) is 0. The Hall–Kier alpha value is -0.560. The van der Waals surface area contributed by atoms with Gasteiger partial charge in [0.25, 0.3) is 0 Å². The molecule has 0 aliphatic heterocycles. The molecule has 0 amide bonds. The second kappa shape index (κ2) is 8.09. The molecule has 4 aliphatic carbocycles. The number of allylic oxidation sites excluding steroid dienone is 4. The van der Waals surface area contributed by atoms with Crippen LogP contribution in [-0.4, -0.2) is 10.7 Å². The summed E-state index contributed by atoms with van der Waals surface area (Å²) in [4.78, 5) is 0. The fourth-order valence-corrected chi connectivity index (χ4v) is 8.91. The summed E-state index contributed by atoms with van der Waals surface area (Å²) in [5, 5.41) is 11.1. The topological polar surface area (TPSA) is 20.2 Å². The van der Waals surface area contributed by atoms with Crippen molar-refractivity contribution in [2.75, 3.05) is 0 Å². The highest BCUT2D eigenvalue weighted by molar-refractivity contribution is 5.30. The maximum atomic E-state index is 11.1. The molecule has 0 saturated heterocycles. The lowest BCUT2D eigenvalue weighted by molar-refractivity contribution is -0.0598. The highest BCUT2D eigenvalue weighted by atomic mass is 16.3. The van der Waals surface area contributed by atoms with E-state index in [4.69, 9.17) is 0 Å². The SMILES string of the molecule is CC[C@](O)(CC[C@@H](C)[C@H]1CC[C@H]2[C@@H]3CCC4=CC=CC[C@]4(C)[C@H]3CC[C@]12C)C(C)C. The molecule has 30 heavy (non-hydrogen) atoms. The predicted octanol–water partition coefficient (Wildman–Crippen LogP) is 7.94. The van der Waals surface area contributed by atoms with Gasteiger partial charge in [-0.05, 0) is 111 Å². The first-order valence-electron chi connectivity index (χ1n) is 13.2. The molecular weight excluding hydrogens is 364 g/mol. The minimum atomic E-state index is -0.472. The van der Waals surface area contributed by atoms with Crippen molar-refractivity contribution < 1.29 is 5.11 Å².